The molecular weight excluding hydrogens is 240 g/mol. The minimum atomic E-state index is 0.661. The van der Waals surface area contributed by atoms with Crippen LogP contribution in [0, 0.1) is 11.8 Å². The second-order valence-corrected chi connectivity index (χ2v) is 6.65. The summed E-state index contributed by atoms with van der Waals surface area (Å²) in [7, 11) is 0. The van der Waals surface area contributed by atoms with Gasteiger partial charge < -0.3 is 5.32 Å². The molecule has 2 rings (SSSR count). The van der Waals surface area contributed by atoms with Gasteiger partial charge in [0.15, 0.2) is 0 Å². The fourth-order valence-corrected chi connectivity index (χ4v) is 3.24. The van der Waals surface area contributed by atoms with Crippen LogP contribution >= 0.6 is 22.9 Å². The molecule has 0 aromatic carbocycles. The first-order valence-electron chi connectivity index (χ1n) is 5.98. The van der Waals surface area contributed by atoms with Gasteiger partial charge in [0.2, 0.25) is 0 Å². The van der Waals surface area contributed by atoms with Gasteiger partial charge in [-0.3, -0.25) is 0 Å². The Kier molecular flexibility index (Phi) is 4.22. The van der Waals surface area contributed by atoms with Gasteiger partial charge in [-0.15, -0.1) is 11.3 Å². The normalized spacial score (nSPS) is 30.6. The van der Waals surface area contributed by atoms with E-state index in [1.165, 1.54) is 19.3 Å². The van der Waals surface area contributed by atoms with Crippen LogP contribution in [-0.2, 0) is 6.54 Å². The van der Waals surface area contributed by atoms with Gasteiger partial charge in [0, 0.05) is 12.6 Å². The van der Waals surface area contributed by atoms with Gasteiger partial charge in [0.05, 0.1) is 6.20 Å². The Morgan fingerprint density at radius 1 is 1.44 bits per heavy atom. The Bertz CT molecular complexity index is 340. The number of thiazole rings is 1. The maximum Gasteiger partial charge on any atom is 0.113 e. The summed E-state index contributed by atoms with van der Waals surface area (Å²) in [5.41, 5.74) is 0. The predicted octanol–water partition coefficient (Wildman–Crippen LogP) is 3.71. The second-order valence-electron chi connectivity index (χ2n) is 4.90. The van der Waals surface area contributed by atoms with Gasteiger partial charge in [-0.25, -0.2) is 4.98 Å². The molecule has 4 heteroatoms. The van der Waals surface area contributed by atoms with Crippen molar-refractivity contribution in [3.8, 4) is 0 Å². The topological polar surface area (TPSA) is 24.9 Å². The van der Waals surface area contributed by atoms with Crippen molar-refractivity contribution in [2.75, 3.05) is 0 Å². The van der Waals surface area contributed by atoms with Crippen molar-refractivity contribution >= 4 is 22.9 Å². The van der Waals surface area contributed by atoms with Crippen LogP contribution < -0.4 is 5.32 Å². The Morgan fingerprint density at radius 2 is 2.25 bits per heavy atom. The third kappa shape index (κ3) is 3.19. The third-order valence-electron chi connectivity index (χ3n) is 3.67. The van der Waals surface area contributed by atoms with Crippen molar-refractivity contribution in [2.24, 2.45) is 11.8 Å². The van der Waals surface area contributed by atoms with Crippen LogP contribution in [0.1, 0.15) is 38.1 Å². The minimum Gasteiger partial charge on any atom is -0.308 e. The van der Waals surface area contributed by atoms with Crippen LogP contribution in [0.3, 0.4) is 0 Å². The maximum atomic E-state index is 5.85. The van der Waals surface area contributed by atoms with Crippen LogP contribution in [0.4, 0.5) is 0 Å². The van der Waals surface area contributed by atoms with Crippen molar-refractivity contribution in [3.63, 3.8) is 0 Å². The molecule has 0 spiro atoms. The van der Waals surface area contributed by atoms with E-state index in [0.29, 0.717) is 6.04 Å². The SMILES string of the molecule is CC1CCC(NCc2ncc(Cl)s2)CC1C. The molecule has 1 N–H and O–H groups in total. The van der Waals surface area contributed by atoms with Gasteiger partial charge in [0.25, 0.3) is 0 Å². The zero-order valence-corrected chi connectivity index (χ0v) is 11.4. The van der Waals surface area contributed by atoms with E-state index in [4.69, 9.17) is 11.6 Å². The average molecular weight is 259 g/mol. The first-order valence-corrected chi connectivity index (χ1v) is 7.18. The highest BCUT2D eigenvalue weighted by molar-refractivity contribution is 7.15. The van der Waals surface area contributed by atoms with Gasteiger partial charge in [-0.05, 0) is 31.1 Å². The lowest BCUT2D eigenvalue weighted by Gasteiger charge is -2.32. The van der Waals surface area contributed by atoms with E-state index in [1.54, 1.807) is 17.5 Å². The summed E-state index contributed by atoms with van der Waals surface area (Å²) in [6, 6.07) is 0.661. The molecule has 1 heterocycles. The van der Waals surface area contributed by atoms with Crippen molar-refractivity contribution in [2.45, 2.75) is 45.7 Å². The third-order valence-corrected chi connectivity index (χ3v) is 4.78. The number of nitrogens with one attached hydrogen (secondary N) is 1. The van der Waals surface area contributed by atoms with Crippen molar-refractivity contribution < 1.29 is 0 Å². The van der Waals surface area contributed by atoms with Gasteiger partial charge in [-0.2, -0.15) is 0 Å². The number of hydrogen-bond acceptors (Lipinski definition) is 3. The summed E-state index contributed by atoms with van der Waals surface area (Å²) >= 11 is 7.42. The summed E-state index contributed by atoms with van der Waals surface area (Å²) in [6.45, 7) is 5.59. The van der Waals surface area contributed by atoms with Crippen LogP contribution in [0.2, 0.25) is 4.34 Å². The van der Waals surface area contributed by atoms with E-state index in [1.807, 2.05) is 0 Å². The van der Waals surface area contributed by atoms with Crippen LogP contribution in [0.25, 0.3) is 0 Å². The zero-order valence-electron chi connectivity index (χ0n) is 9.87. The Morgan fingerprint density at radius 3 is 2.88 bits per heavy atom. The molecule has 3 unspecified atom stereocenters. The van der Waals surface area contributed by atoms with Crippen LogP contribution in [0.15, 0.2) is 6.20 Å². The molecule has 1 aliphatic carbocycles. The van der Waals surface area contributed by atoms with E-state index in [2.05, 4.69) is 24.1 Å². The number of halogens is 1. The standard InChI is InChI=1S/C12H19ClN2S/c1-8-3-4-10(5-9(8)2)14-7-12-15-6-11(13)16-12/h6,8-10,14H,3-5,7H2,1-2H3. The van der Waals surface area contributed by atoms with Crippen LogP contribution in [-0.4, -0.2) is 11.0 Å². The second kappa shape index (κ2) is 5.48. The highest BCUT2D eigenvalue weighted by Gasteiger charge is 2.24. The molecule has 0 bridgehead atoms. The monoisotopic (exact) mass is 258 g/mol. The average Bonchev–Trinajstić information content (AvgIpc) is 2.66. The number of hydrogen-bond donors (Lipinski definition) is 1. The Hall–Kier alpha value is -0.120. The lowest BCUT2D eigenvalue weighted by Crippen LogP contribution is -2.35. The van der Waals surface area contributed by atoms with Gasteiger partial charge >= 0.3 is 0 Å². The van der Waals surface area contributed by atoms with Crippen molar-refractivity contribution in [1.82, 2.24) is 10.3 Å². The molecule has 1 fully saturated rings. The molecule has 0 aliphatic heterocycles. The summed E-state index contributed by atoms with van der Waals surface area (Å²) in [5, 5.41) is 4.69. The number of rotatable bonds is 3. The molecule has 1 saturated carbocycles. The van der Waals surface area contributed by atoms with E-state index in [-0.39, 0.29) is 0 Å². The van der Waals surface area contributed by atoms with E-state index < -0.39 is 0 Å². The number of aromatic nitrogens is 1. The molecule has 16 heavy (non-hydrogen) atoms. The highest BCUT2D eigenvalue weighted by Crippen LogP contribution is 2.29. The molecule has 1 aromatic rings. The molecule has 3 atom stereocenters. The van der Waals surface area contributed by atoms with E-state index in [0.717, 1.165) is 27.7 Å². The summed E-state index contributed by atoms with van der Waals surface area (Å²) in [4.78, 5) is 4.26. The Labute approximate surface area is 106 Å². The lowest BCUT2D eigenvalue weighted by atomic mass is 9.79. The summed E-state index contributed by atoms with van der Waals surface area (Å²) < 4.78 is 0.780. The van der Waals surface area contributed by atoms with Crippen molar-refractivity contribution in [1.29, 1.82) is 0 Å². The van der Waals surface area contributed by atoms with Gasteiger partial charge in [0.1, 0.15) is 9.34 Å². The molecule has 2 nitrogen and oxygen atoms in total. The summed E-state index contributed by atoms with van der Waals surface area (Å²) in [6.07, 6.45) is 5.66. The minimum absolute atomic E-state index is 0.661. The molecule has 1 aromatic heterocycles. The highest BCUT2D eigenvalue weighted by atomic mass is 35.5. The van der Waals surface area contributed by atoms with E-state index in [9.17, 15) is 0 Å². The zero-order chi connectivity index (χ0) is 11.5. The fraction of sp³-hybridized carbons (Fsp3) is 0.750. The van der Waals surface area contributed by atoms with Gasteiger partial charge in [-0.1, -0.05) is 25.4 Å². The molecule has 1 aliphatic rings. The first-order chi connectivity index (χ1) is 7.65. The largest absolute Gasteiger partial charge is 0.308 e. The molecule has 0 amide bonds. The summed E-state index contributed by atoms with van der Waals surface area (Å²) in [5.74, 6) is 1.72. The molecule has 0 saturated heterocycles. The van der Waals surface area contributed by atoms with Crippen molar-refractivity contribution in [3.05, 3.63) is 15.5 Å². The smallest absolute Gasteiger partial charge is 0.113 e. The molecular formula is C12H19ClN2S. The fourth-order valence-electron chi connectivity index (χ4n) is 2.33. The lowest BCUT2D eigenvalue weighted by molar-refractivity contribution is 0.225. The first kappa shape index (κ1) is 12.3. The maximum absolute atomic E-state index is 5.85. The predicted molar refractivity (Wildman–Crippen MR) is 69.9 cm³/mol. The van der Waals surface area contributed by atoms with Crippen LogP contribution in [0.5, 0.6) is 0 Å². The quantitative estimate of drug-likeness (QED) is 0.894. The van der Waals surface area contributed by atoms with E-state index >= 15 is 0 Å². The Balaban J connectivity index is 1.78. The molecule has 0 radical (unpaired) electrons. The number of nitrogens with zero attached hydrogens (tertiary/aromatic N) is 1. The molecule has 90 valence electrons.